The summed E-state index contributed by atoms with van der Waals surface area (Å²) in [6, 6.07) is 18.4. The number of fused-ring (bicyclic) bond motifs is 3. The lowest BCUT2D eigenvalue weighted by Gasteiger charge is -2.31. The van der Waals surface area contributed by atoms with Crippen molar-refractivity contribution in [1.29, 1.82) is 0 Å². The Morgan fingerprint density at radius 2 is 1.88 bits per heavy atom. The van der Waals surface area contributed by atoms with Gasteiger partial charge in [0.2, 0.25) is 16.3 Å². The van der Waals surface area contributed by atoms with Crippen molar-refractivity contribution in [3.63, 3.8) is 0 Å². The van der Waals surface area contributed by atoms with E-state index in [4.69, 9.17) is 19.6 Å². The van der Waals surface area contributed by atoms with Crippen molar-refractivity contribution in [3.05, 3.63) is 72.7 Å². The van der Waals surface area contributed by atoms with E-state index < -0.39 is 0 Å². The standard InChI is InChI=1S/C25H14N7O2/c1-13-12-16-15-5-3-7-20-30(15)32(31(16)27-13)24-19(34-20)9-8-18-23(24)29-22-14(4-2-6-17(22)33-18)21-25(29)28(32)11-10-26-21/h2-12H,1H3/q+3. The van der Waals surface area contributed by atoms with Gasteiger partial charge in [-0.25, -0.2) is 4.98 Å². The number of para-hydroxylation sites is 1. The highest BCUT2D eigenvalue weighted by Gasteiger charge is 2.72. The zero-order valence-electron chi connectivity index (χ0n) is 17.8. The van der Waals surface area contributed by atoms with Gasteiger partial charge in [-0.15, -0.1) is 5.10 Å². The summed E-state index contributed by atoms with van der Waals surface area (Å²) in [5.74, 6) is 3.12. The number of pyridine rings is 1. The molecular formula is C25H14N7O2+3. The minimum absolute atomic E-state index is 0.154. The first-order valence-electron chi connectivity index (χ1n) is 11.2. The van der Waals surface area contributed by atoms with Crippen molar-refractivity contribution < 1.29 is 18.8 Å². The van der Waals surface area contributed by atoms with Gasteiger partial charge in [0.05, 0.1) is 23.3 Å². The second-order valence-corrected chi connectivity index (χ2v) is 9.08. The van der Waals surface area contributed by atoms with Crippen LogP contribution in [0.4, 0.5) is 5.69 Å². The van der Waals surface area contributed by atoms with Crippen LogP contribution in [0.15, 0.2) is 67.0 Å². The Morgan fingerprint density at radius 3 is 2.85 bits per heavy atom. The van der Waals surface area contributed by atoms with Gasteiger partial charge < -0.3 is 9.47 Å². The highest BCUT2D eigenvalue weighted by Crippen LogP contribution is 2.56. The quantitative estimate of drug-likeness (QED) is 0.266. The molecule has 0 bridgehead atoms. The molecular weight excluding hydrogens is 430 g/mol. The van der Waals surface area contributed by atoms with Crippen molar-refractivity contribution in [1.82, 2.24) is 24.3 Å². The van der Waals surface area contributed by atoms with Crippen LogP contribution in [-0.2, 0) is 0 Å². The first kappa shape index (κ1) is 15.9. The number of hydrogen-bond donors (Lipinski definition) is 0. The minimum atomic E-state index is 0.154. The predicted octanol–water partition coefficient (Wildman–Crippen LogP) is 3.46. The van der Waals surface area contributed by atoms with Crippen LogP contribution in [0.5, 0.6) is 23.1 Å². The maximum atomic E-state index is 6.52. The molecule has 4 aromatic heterocycles. The third-order valence-corrected chi connectivity index (χ3v) is 7.41. The Hall–Kier alpha value is -4.76. The molecule has 1 spiro atoms. The molecule has 0 amide bonds. The fourth-order valence-electron chi connectivity index (χ4n) is 6.32. The highest BCUT2D eigenvalue weighted by molar-refractivity contribution is 6.09. The average molecular weight is 444 g/mol. The average Bonchev–Trinajstić information content (AvgIpc) is 3.49. The molecule has 0 fully saturated rings. The monoisotopic (exact) mass is 444 g/mol. The second-order valence-electron chi connectivity index (χ2n) is 9.08. The molecule has 2 aromatic carbocycles. The molecule has 4 aliphatic rings. The summed E-state index contributed by atoms with van der Waals surface area (Å²) in [7, 11) is 0. The number of rotatable bonds is 0. The van der Waals surface area contributed by atoms with Crippen molar-refractivity contribution in [2.24, 2.45) is 0 Å². The lowest BCUT2D eigenvalue weighted by Crippen LogP contribution is -2.88. The van der Waals surface area contributed by atoms with Gasteiger partial charge in [-0.2, -0.15) is 4.57 Å². The van der Waals surface area contributed by atoms with Crippen molar-refractivity contribution in [2.45, 2.75) is 6.92 Å². The summed E-state index contributed by atoms with van der Waals surface area (Å²) < 4.78 is 19.7. The number of ether oxygens (including phenoxy) is 2. The molecule has 8 heterocycles. The Bertz CT molecular complexity index is 2000. The Labute approximate surface area is 191 Å². The molecule has 10 rings (SSSR count). The lowest BCUT2D eigenvalue weighted by atomic mass is 10.1. The van der Waals surface area contributed by atoms with Crippen LogP contribution in [0.3, 0.4) is 0 Å². The molecule has 0 saturated carbocycles. The maximum absolute atomic E-state index is 6.52. The summed E-state index contributed by atoms with van der Waals surface area (Å²) in [6.45, 7) is 2.03. The van der Waals surface area contributed by atoms with Crippen LogP contribution >= 0.6 is 0 Å². The van der Waals surface area contributed by atoms with Gasteiger partial charge in [0.1, 0.15) is 4.68 Å². The van der Waals surface area contributed by atoms with Gasteiger partial charge in [-0.3, -0.25) is 0 Å². The van der Waals surface area contributed by atoms with E-state index in [-0.39, 0.29) is 4.81 Å². The first-order valence-corrected chi connectivity index (χ1v) is 11.2. The fourth-order valence-corrected chi connectivity index (χ4v) is 6.32. The Balaban J connectivity index is 1.59. The Morgan fingerprint density at radius 1 is 0.971 bits per heavy atom. The smallest absolute Gasteiger partial charge is 0.438 e. The topological polar surface area (TPSA) is 61.9 Å². The zero-order chi connectivity index (χ0) is 21.9. The molecule has 158 valence electrons. The lowest BCUT2D eigenvalue weighted by molar-refractivity contribution is -1.05. The van der Waals surface area contributed by atoms with E-state index in [1.165, 1.54) is 0 Å². The van der Waals surface area contributed by atoms with E-state index >= 15 is 0 Å². The van der Waals surface area contributed by atoms with Crippen LogP contribution in [0.1, 0.15) is 5.69 Å². The molecule has 34 heavy (non-hydrogen) atoms. The molecule has 0 saturated heterocycles. The number of aryl methyl sites for hydroxylation is 1. The largest absolute Gasteiger partial charge is 0.448 e. The van der Waals surface area contributed by atoms with Gasteiger partial charge >= 0.3 is 22.9 Å². The van der Waals surface area contributed by atoms with Crippen molar-refractivity contribution in [3.8, 4) is 40.2 Å². The minimum Gasteiger partial charge on any atom is -0.448 e. The summed E-state index contributed by atoms with van der Waals surface area (Å²) in [4.78, 5) is 7.07. The number of nitrogens with zero attached hydrogens (tertiary/aromatic N) is 7. The van der Waals surface area contributed by atoms with Gasteiger partial charge in [0, 0.05) is 15.5 Å². The number of quaternary nitrogens is 1. The molecule has 4 aliphatic heterocycles. The molecule has 0 aliphatic carbocycles. The first-order chi connectivity index (χ1) is 16.8. The zero-order valence-corrected chi connectivity index (χ0v) is 17.8. The summed E-state index contributed by atoms with van der Waals surface area (Å²) in [5.41, 5.74) is 7.82. The molecule has 1 unspecified atom stereocenters. The molecule has 0 N–H and O–H groups in total. The maximum Gasteiger partial charge on any atom is 0.438 e. The van der Waals surface area contributed by atoms with Crippen LogP contribution in [0, 0.1) is 6.92 Å². The van der Waals surface area contributed by atoms with Crippen molar-refractivity contribution >= 4 is 27.8 Å². The van der Waals surface area contributed by atoms with E-state index in [1.807, 2.05) is 55.7 Å². The third-order valence-electron chi connectivity index (χ3n) is 7.41. The van der Waals surface area contributed by atoms with Crippen LogP contribution in [0.25, 0.3) is 39.1 Å². The van der Waals surface area contributed by atoms with E-state index in [1.54, 1.807) is 0 Å². The van der Waals surface area contributed by atoms with E-state index in [9.17, 15) is 0 Å². The van der Waals surface area contributed by atoms with Gasteiger partial charge in [-0.1, -0.05) is 6.07 Å². The summed E-state index contributed by atoms with van der Waals surface area (Å²) >= 11 is 0. The normalized spacial score (nSPS) is 18.7. The van der Waals surface area contributed by atoms with Crippen molar-refractivity contribution in [2.75, 3.05) is 0 Å². The molecule has 1 atom stereocenters. The van der Waals surface area contributed by atoms with E-state index in [2.05, 4.69) is 36.9 Å². The van der Waals surface area contributed by atoms with Crippen LogP contribution in [0.2, 0.25) is 0 Å². The van der Waals surface area contributed by atoms with E-state index in [0.29, 0.717) is 0 Å². The van der Waals surface area contributed by atoms with E-state index in [0.717, 1.165) is 73.7 Å². The number of benzene rings is 2. The molecule has 9 heteroatoms. The highest BCUT2D eigenvalue weighted by atomic mass is 16.5. The number of aromatic nitrogens is 6. The molecule has 9 nitrogen and oxygen atoms in total. The van der Waals surface area contributed by atoms with Crippen LogP contribution in [-0.4, -0.2) is 19.4 Å². The second kappa shape index (κ2) is 4.63. The third kappa shape index (κ3) is 1.34. The van der Waals surface area contributed by atoms with Gasteiger partial charge in [0.25, 0.3) is 5.69 Å². The van der Waals surface area contributed by atoms with Gasteiger partial charge in [-0.05, 0) is 43.3 Å². The number of hydrogen-bond acceptors (Lipinski definition) is 4. The molecule has 6 aromatic rings. The molecule has 0 radical (unpaired) electrons. The Kier molecular flexibility index (Phi) is 2.17. The predicted molar refractivity (Wildman–Crippen MR) is 120 cm³/mol. The summed E-state index contributed by atoms with van der Waals surface area (Å²) in [5, 5.41) is 6.08. The van der Waals surface area contributed by atoms with Crippen LogP contribution < -0.4 is 23.6 Å². The fraction of sp³-hybridized carbons (Fsp3) is 0.0400. The van der Waals surface area contributed by atoms with Gasteiger partial charge in [0.15, 0.2) is 28.7 Å². The SMILES string of the molecule is Cc1cc2n(n1)[N+]13c4c(ccc5c4-n4c6c(cccc6c6ncc[n+]1c64)O5)Oc1cccc-2[n+]13. The summed E-state index contributed by atoms with van der Waals surface area (Å²) in [6.07, 6.45) is 3.90.